The smallest absolute Gasteiger partial charge is 0.141 e. The molecule has 0 fully saturated rings. The van der Waals surface area contributed by atoms with Crippen LogP contribution in [0.2, 0.25) is 5.02 Å². The third kappa shape index (κ3) is 3.03. The third-order valence-corrected chi connectivity index (χ3v) is 3.68. The van der Waals surface area contributed by atoms with Crippen LogP contribution in [0.5, 0.6) is 0 Å². The first kappa shape index (κ1) is 12.5. The van der Waals surface area contributed by atoms with E-state index in [9.17, 15) is 9.50 Å². The van der Waals surface area contributed by atoms with E-state index in [0.29, 0.717) is 6.42 Å². The number of aliphatic hydroxyl groups is 1. The minimum atomic E-state index is -0.622. The van der Waals surface area contributed by atoms with Gasteiger partial charge in [-0.25, -0.2) is 9.37 Å². The lowest BCUT2D eigenvalue weighted by Crippen LogP contribution is -1.99. The van der Waals surface area contributed by atoms with Crippen molar-refractivity contribution in [1.29, 1.82) is 0 Å². The minimum Gasteiger partial charge on any atom is -0.387 e. The predicted octanol–water partition coefficient (Wildman–Crippen LogP) is 3.52. The molecule has 2 aromatic rings. The van der Waals surface area contributed by atoms with Gasteiger partial charge in [-0.15, -0.1) is 11.3 Å². The molecule has 0 saturated heterocycles. The molecule has 1 atom stereocenters. The second-order valence-corrected chi connectivity index (χ2v) is 5.42. The monoisotopic (exact) mass is 271 g/mol. The molecule has 1 N–H and O–H groups in total. The molecular formula is C12H11ClFNOS. The van der Waals surface area contributed by atoms with Gasteiger partial charge >= 0.3 is 0 Å². The molecule has 90 valence electrons. The number of thiazole rings is 1. The van der Waals surface area contributed by atoms with Crippen molar-refractivity contribution in [3.8, 4) is 0 Å². The lowest BCUT2D eigenvalue weighted by atomic mass is 10.1. The van der Waals surface area contributed by atoms with Gasteiger partial charge in [0.15, 0.2) is 0 Å². The van der Waals surface area contributed by atoms with Gasteiger partial charge in [0.25, 0.3) is 0 Å². The Kier molecular flexibility index (Phi) is 3.76. The highest BCUT2D eigenvalue weighted by atomic mass is 35.5. The molecule has 1 unspecified atom stereocenters. The van der Waals surface area contributed by atoms with Gasteiger partial charge in [-0.1, -0.05) is 17.7 Å². The van der Waals surface area contributed by atoms with Crippen molar-refractivity contribution >= 4 is 22.9 Å². The van der Waals surface area contributed by atoms with Crippen molar-refractivity contribution in [3.05, 3.63) is 50.7 Å². The van der Waals surface area contributed by atoms with Gasteiger partial charge in [0.1, 0.15) is 5.82 Å². The maximum atomic E-state index is 13.0. The molecule has 0 aliphatic heterocycles. The summed E-state index contributed by atoms with van der Waals surface area (Å²) >= 11 is 7.14. The summed E-state index contributed by atoms with van der Waals surface area (Å²) in [5.74, 6) is -0.446. The second-order valence-electron chi connectivity index (χ2n) is 3.75. The number of benzene rings is 1. The van der Waals surface area contributed by atoms with Crippen LogP contribution in [-0.2, 0) is 6.42 Å². The number of rotatable bonds is 3. The molecule has 2 rings (SSSR count). The second kappa shape index (κ2) is 5.12. The van der Waals surface area contributed by atoms with Gasteiger partial charge < -0.3 is 5.11 Å². The maximum absolute atomic E-state index is 13.0. The molecule has 0 aliphatic rings. The van der Waals surface area contributed by atoms with Crippen LogP contribution in [0.15, 0.2) is 24.4 Å². The zero-order chi connectivity index (χ0) is 12.4. The van der Waals surface area contributed by atoms with Gasteiger partial charge in [-0.2, -0.15) is 0 Å². The Morgan fingerprint density at radius 1 is 1.53 bits per heavy atom. The SMILES string of the molecule is Cc1ncc(C(O)Cc2ccc(F)c(Cl)c2)s1. The molecule has 2 nitrogen and oxygen atoms in total. The molecule has 1 aromatic carbocycles. The highest BCUT2D eigenvalue weighted by Gasteiger charge is 2.12. The van der Waals surface area contributed by atoms with E-state index >= 15 is 0 Å². The quantitative estimate of drug-likeness (QED) is 0.927. The molecule has 17 heavy (non-hydrogen) atoms. The maximum Gasteiger partial charge on any atom is 0.141 e. The zero-order valence-corrected chi connectivity index (χ0v) is 10.7. The third-order valence-electron chi connectivity index (χ3n) is 2.38. The number of nitrogens with zero attached hydrogens (tertiary/aromatic N) is 1. The van der Waals surface area contributed by atoms with Crippen LogP contribution >= 0.6 is 22.9 Å². The fourth-order valence-corrected chi connectivity index (χ4v) is 2.50. The summed E-state index contributed by atoms with van der Waals surface area (Å²) in [6.07, 6.45) is 1.44. The number of aromatic nitrogens is 1. The minimum absolute atomic E-state index is 0.0789. The lowest BCUT2D eigenvalue weighted by Gasteiger charge is -2.08. The van der Waals surface area contributed by atoms with Crippen LogP contribution in [0.25, 0.3) is 0 Å². The topological polar surface area (TPSA) is 33.1 Å². The normalized spacial score (nSPS) is 12.7. The molecule has 0 bridgehead atoms. The van der Waals surface area contributed by atoms with Crippen LogP contribution in [0.1, 0.15) is 21.6 Å². The van der Waals surface area contributed by atoms with Gasteiger partial charge in [-0.3, -0.25) is 0 Å². The standard InChI is InChI=1S/C12H11ClFNOS/c1-7-15-6-12(17-7)11(16)5-8-2-3-10(14)9(13)4-8/h2-4,6,11,16H,5H2,1H3. The van der Waals surface area contributed by atoms with Gasteiger partial charge in [0.05, 0.1) is 21.0 Å². The Morgan fingerprint density at radius 2 is 2.29 bits per heavy atom. The first-order valence-electron chi connectivity index (χ1n) is 5.10. The summed E-state index contributed by atoms with van der Waals surface area (Å²) in [5.41, 5.74) is 0.801. The van der Waals surface area contributed by atoms with Crippen LogP contribution < -0.4 is 0 Å². The summed E-state index contributed by atoms with van der Waals surface area (Å²) < 4.78 is 13.0. The Bertz CT molecular complexity index is 529. The summed E-state index contributed by atoms with van der Waals surface area (Å²) in [6.45, 7) is 1.88. The molecule has 0 saturated carbocycles. The Labute approximate surface area is 108 Å². The molecular weight excluding hydrogens is 261 g/mol. The van der Waals surface area contributed by atoms with Crippen LogP contribution in [-0.4, -0.2) is 10.1 Å². The van der Waals surface area contributed by atoms with E-state index in [4.69, 9.17) is 11.6 Å². The summed E-state index contributed by atoms with van der Waals surface area (Å²) in [5, 5.41) is 11.0. The number of aryl methyl sites for hydroxylation is 1. The van der Waals surface area contributed by atoms with E-state index in [1.807, 2.05) is 6.92 Å². The predicted molar refractivity (Wildman–Crippen MR) is 66.9 cm³/mol. The summed E-state index contributed by atoms with van der Waals surface area (Å²) in [7, 11) is 0. The molecule has 0 amide bonds. The van der Waals surface area contributed by atoms with Crippen molar-refractivity contribution in [2.24, 2.45) is 0 Å². The summed E-state index contributed by atoms with van der Waals surface area (Å²) in [6, 6.07) is 4.47. The van der Waals surface area contributed by atoms with E-state index in [-0.39, 0.29) is 5.02 Å². The molecule has 1 heterocycles. The molecule has 0 spiro atoms. The molecule has 5 heteroatoms. The van der Waals surface area contributed by atoms with Crippen molar-refractivity contribution < 1.29 is 9.50 Å². The first-order chi connectivity index (χ1) is 8.06. The molecule has 1 aromatic heterocycles. The van der Waals surface area contributed by atoms with Crippen molar-refractivity contribution in [2.75, 3.05) is 0 Å². The van der Waals surface area contributed by atoms with E-state index in [0.717, 1.165) is 15.4 Å². The number of aliphatic hydroxyl groups excluding tert-OH is 1. The highest BCUT2D eigenvalue weighted by Crippen LogP contribution is 2.25. The van der Waals surface area contributed by atoms with Crippen molar-refractivity contribution in [3.63, 3.8) is 0 Å². The number of hydrogen-bond donors (Lipinski definition) is 1. The molecule has 0 radical (unpaired) electrons. The summed E-state index contributed by atoms with van der Waals surface area (Å²) in [4.78, 5) is 4.89. The average molecular weight is 272 g/mol. The Balaban J connectivity index is 2.12. The first-order valence-corrected chi connectivity index (χ1v) is 6.30. The Hall–Kier alpha value is -0.970. The van der Waals surface area contributed by atoms with E-state index < -0.39 is 11.9 Å². The van der Waals surface area contributed by atoms with Crippen LogP contribution in [0.3, 0.4) is 0 Å². The van der Waals surface area contributed by atoms with Crippen molar-refractivity contribution in [1.82, 2.24) is 4.98 Å². The van der Waals surface area contributed by atoms with Crippen molar-refractivity contribution in [2.45, 2.75) is 19.4 Å². The number of hydrogen-bond acceptors (Lipinski definition) is 3. The van der Waals surface area contributed by atoms with E-state index in [1.165, 1.54) is 23.5 Å². The average Bonchev–Trinajstić information content (AvgIpc) is 2.70. The lowest BCUT2D eigenvalue weighted by molar-refractivity contribution is 0.182. The van der Waals surface area contributed by atoms with E-state index in [1.54, 1.807) is 12.3 Å². The Morgan fingerprint density at radius 3 is 2.88 bits per heavy atom. The van der Waals surface area contributed by atoms with Crippen LogP contribution in [0.4, 0.5) is 4.39 Å². The van der Waals surface area contributed by atoms with Gasteiger partial charge in [-0.05, 0) is 24.6 Å². The van der Waals surface area contributed by atoms with E-state index in [2.05, 4.69) is 4.98 Å². The fraction of sp³-hybridized carbons (Fsp3) is 0.250. The van der Waals surface area contributed by atoms with Crippen LogP contribution in [0, 0.1) is 12.7 Å². The zero-order valence-electron chi connectivity index (χ0n) is 9.15. The van der Waals surface area contributed by atoms with Gasteiger partial charge in [0.2, 0.25) is 0 Å². The fourth-order valence-electron chi connectivity index (χ4n) is 1.52. The number of halogens is 2. The highest BCUT2D eigenvalue weighted by molar-refractivity contribution is 7.11. The van der Waals surface area contributed by atoms with Gasteiger partial charge in [0, 0.05) is 12.6 Å². The largest absolute Gasteiger partial charge is 0.387 e. The molecule has 0 aliphatic carbocycles.